The number of H-pyrrole nitrogens is 1. The summed E-state index contributed by atoms with van der Waals surface area (Å²) in [6.07, 6.45) is 4.04. The first-order valence-electron chi connectivity index (χ1n) is 9.54. The number of halogens is 1. The lowest BCUT2D eigenvalue weighted by atomic mass is 9.88. The summed E-state index contributed by atoms with van der Waals surface area (Å²) in [5, 5.41) is 4.66. The van der Waals surface area contributed by atoms with Crippen LogP contribution in [-0.2, 0) is 0 Å². The lowest BCUT2D eigenvalue weighted by molar-refractivity contribution is 0.460. The molecular weight excluding hydrogens is 325 g/mol. The minimum absolute atomic E-state index is 0.237. The lowest BCUT2D eigenvalue weighted by Crippen LogP contribution is -2.26. The SMILES string of the molecule is Cc1nccc(-c2[nH]c3ccc(C4CCNCC4)cc3c2C(C)C)c1F. The van der Waals surface area contributed by atoms with Crippen LogP contribution in [0.3, 0.4) is 0 Å². The van der Waals surface area contributed by atoms with E-state index >= 15 is 0 Å². The fourth-order valence-electron chi connectivity index (χ4n) is 4.19. The molecule has 1 fully saturated rings. The third-order valence-corrected chi connectivity index (χ3v) is 5.58. The molecule has 1 aliphatic rings. The summed E-state index contributed by atoms with van der Waals surface area (Å²) in [5.41, 5.74) is 5.61. The van der Waals surface area contributed by atoms with Crippen LogP contribution < -0.4 is 5.32 Å². The molecule has 1 aromatic carbocycles. The van der Waals surface area contributed by atoms with Gasteiger partial charge >= 0.3 is 0 Å². The summed E-state index contributed by atoms with van der Waals surface area (Å²) in [6.45, 7) is 8.23. The summed E-state index contributed by atoms with van der Waals surface area (Å²) in [4.78, 5) is 7.55. The Bertz CT molecular complexity index is 936. The van der Waals surface area contributed by atoms with E-state index in [0.29, 0.717) is 23.1 Å². The van der Waals surface area contributed by atoms with Gasteiger partial charge in [0, 0.05) is 22.7 Å². The quantitative estimate of drug-likeness (QED) is 0.675. The van der Waals surface area contributed by atoms with Gasteiger partial charge in [-0.1, -0.05) is 19.9 Å². The number of hydrogen-bond acceptors (Lipinski definition) is 2. The van der Waals surface area contributed by atoms with Crippen LogP contribution in [0.5, 0.6) is 0 Å². The van der Waals surface area contributed by atoms with Gasteiger partial charge in [0.05, 0.1) is 11.4 Å². The van der Waals surface area contributed by atoms with E-state index < -0.39 is 0 Å². The summed E-state index contributed by atoms with van der Waals surface area (Å²) < 4.78 is 14.7. The van der Waals surface area contributed by atoms with Crippen molar-refractivity contribution in [1.82, 2.24) is 15.3 Å². The molecule has 0 aliphatic carbocycles. The van der Waals surface area contributed by atoms with Crippen molar-refractivity contribution in [3.8, 4) is 11.3 Å². The molecule has 0 spiro atoms. The highest BCUT2D eigenvalue weighted by Gasteiger charge is 2.21. The van der Waals surface area contributed by atoms with Crippen LogP contribution in [0.4, 0.5) is 4.39 Å². The number of nitrogens with zero attached hydrogens (tertiary/aromatic N) is 1. The van der Waals surface area contributed by atoms with E-state index in [-0.39, 0.29) is 5.82 Å². The second-order valence-electron chi connectivity index (χ2n) is 7.66. The third kappa shape index (κ3) is 2.92. The monoisotopic (exact) mass is 351 g/mol. The second kappa shape index (κ2) is 6.84. The zero-order valence-corrected chi connectivity index (χ0v) is 15.7. The van der Waals surface area contributed by atoms with Gasteiger partial charge in [0.1, 0.15) is 0 Å². The Labute approximate surface area is 154 Å². The molecular formula is C22H26FN3. The van der Waals surface area contributed by atoms with Gasteiger partial charge in [-0.05, 0) is 74.0 Å². The Morgan fingerprint density at radius 2 is 1.92 bits per heavy atom. The fraction of sp³-hybridized carbons (Fsp3) is 0.409. The molecule has 1 saturated heterocycles. The predicted octanol–water partition coefficient (Wildman–Crippen LogP) is 5.27. The normalized spacial score (nSPS) is 15.9. The maximum atomic E-state index is 14.7. The highest BCUT2D eigenvalue weighted by atomic mass is 19.1. The topological polar surface area (TPSA) is 40.7 Å². The first kappa shape index (κ1) is 17.2. The number of rotatable bonds is 3. The molecule has 3 aromatic rings. The minimum Gasteiger partial charge on any atom is -0.354 e. The van der Waals surface area contributed by atoms with Crippen LogP contribution >= 0.6 is 0 Å². The zero-order chi connectivity index (χ0) is 18.3. The number of aromatic nitrogens is 2. The molecule has 4 rings (SSSR count). The van der Waals surface area contributed by atoms with Gasteiger partial charge in [0.15, 0.2) is 5.82 Å². The summed E-state index contributed by atoms with van der Waals surface area (Å²) >= 11 is 0. The number of hydrogen-bond donors (Lipinski definition) is 2. The van der Waals surface area contributed by atoms with Gasteiger partial charge in [-0.2, -0.15) is 0 Å². The fourth-order valence-corrected chi connectivity index (χ4v) is 4.19. The molecule has 3 heterocycles. The van der Waals surface area contributed by atoms with E-state index in [9.17, 15) is 4.39 Å². The van der Waals surface area contributed by atoms with Crippen LogP contribution in [0.25, 0.3) is 22.2 Å². The Hall–Kier alpha value is -2.20. The maximum Gasteiger partial charge on any atom is 0.153 e. The van der Waals surface area contributed by atoms with E-state index in [1.807, 2.05) is 0 Å². The summed E-state index contributed by atoms with van der Waals surface area (Å²) in [6, 6.07) is 8.49. The molecule has 2 aromatic heterocycles. The summed E-state index contributed by atoms with van der Waals surface area (Å²) in [5.74, 6) is 0.674. The van der Waals surface area contributed by atoms with E-state index in [1.165, 1.54) is 29.4 Å². The van der Waals surface area contributed by atoms with Crippen LogP contribution in [0.1, 0.15) is 55.3 Å². The molecule has 0 saturated carbocycles. The number of piperidine rings is 1. The molecule has 3 nitrogen and oxygen atoms in total. The van der Waals surface area contributed by atoms with Gasteiger partial charge in [0.2, 0.25) is 0 Å². The predicted molar refractivity (Wildman–Crippen MR) is 105 cm³/mol. The van der Waals surface area contributed by atoms with Crippen molar-refractivity contribution in [3.63, 3.8) is 0 Å². The van der Waals surface area contributed by atoms with Gasteiger partial charge < -0.3 is 10.3 Å². The first-order valence-corrected chi connectivity index (χ1v) is 9.54. The van der Waals surface area contributed by atoms with Crippen LogP contribution in [-0.4, -0.2) is 23.1 Å². The average Bonchev–Trinajstić information content (AvgIpc) is 3.03. The van der Waals surface area contributed by atoms with E-state index in [1.54, 1.807) is 19.2 Å². The van der Waals surface area contributed by atoms with Crippen molar-refractivity contribution < 1.29 is 4.39 Å². The van der Waals surface area contributed by atoms with Crippen molar-refractivity contribution in [2.24, 2.45) is 0 Å². The molecule has 0 amide bonds. The van der Waals surface area contributed by atoms with E-state index in [4.69, 9.17) is 0 Å². The molecule has 0 radical (unpaired) electrons. The minimum atomic E-state index is -0.237. The third-order valence-electron chi connectivity index (χ3n) is 5.58. The summed E-state index contributed by atoms with van der Waals surface area (Å²) in [7, 11) is 0. The number of benzene rings is 1. The smallest absolute Gasteiger partial charge is 0.153 e. The number of pyridine rings is 1. The van der Waals surface area contributed by atoms with Crippen molar-refractivity contribution >= 4 is 10.9 Å². The van der Waals surface area contributed by atoms with Crippen LogP contribution in [0.2, 0.25) is 0 Å². The Morgan fingerprint density at radius 1 is 1.15 bits per heavy atom. The van der Waals surface area contributed by atoms with Crippen molar-refractivity contribution in [3.05, 3.63) is 53.1 Å². The first-order chi connectivity index (χ1) is 12.6. The van der Waals surface area contributed by atoms with Crippen molar-refractivity contribution in [1.29, 1.82) is 0 Å². The van der Waals surface area contributed by atoms with E-state index in [2.05, 4.69) is 47.3 Å². The van der Waals surface area contributed by atoms with Gasteiger partial charge in [-0.3, -0.25) is 4.98 Å². The number of aromatic amines is 1. The molecule has 0 atom stereocenters. The molecule has 1 aliphatic heterocycles. The Balaban J connectivity index is 1.89. The Kier molecular flexibility index (Phi) is 4.53. The molecule has 136 valence electrons. The maximum absolute atomic E-state index is 14.7. The molecule has 0 unspecified atom stereocenters. The molecule has 2 N–H and O–H groups in total. The van der Waals surface area contributed by atoms with Gasteiger partial charge in [-0.25, -0.2) is 4.39 Å². The number of aryl methyl sites for hydroxylation is 1. The number of fused-ring (bicyclic) bond motifs is 1. The largest absolute Gasteiger partial charge is 0.354 e. The highest BCUT2D eigenvalue weighted by molar-refractivity contribution is 5.92. The second-order valence-corrected chi connectivity index (χ2v) is 7.66. The standard InChI is InChI=1S/C22H26FN3/c1-13(2)20-18-12-16(15-6-9-24-10-7-15)4-5-19(18)26-22(20)17-8-11-25-14(3)21(17)23/h4-5,8,11-13,15,24,26H,6-7,9-10H2,1-3H3. The lowest BCUT2D eigenvalue weighted by Gasteiger charge is -2.23. The van der Waals surface area contributed by atoms with Crippen molar-refractivity contribution in [2.45, 2.75) is 45.4 Å². The van der Waals surface area contributed by atoms with E-state index in [0.717, 1.165) is 24.3 Å². The van der Waals surface area contributed by atoms with Gasteiger partial charge in [0.25, 0.3) is 0 Å². The zero-order valence-electron chi connectivity index (χ0n) is 15.7. The number of nitrogens with one attached hydrogen (secondary N) is 2. The molecule has 4 heteroatoms. The molecule has 26 heavy (non-hydrogen) atoms. The van der Waals surface area contributed by atoms with Crippen LogP contribution in [0, 0.1) is 12.7 Å². The highest BCUT2D eigenvalue weighted by Crippen LogP contribution is 2.38. The average molecular weight is 351 g/mol. The molecule has 0 bridgehead atoms. The van der Waals surface area contributed by atoms with Crippen molar-refractivity contribution in [2.75, 3.05) is 13.1 Å². The van der Waals surface area contributed by atoms with Crippen LogP contribution in [0.15, 0.2) is 30.5 Å². The Morgan fingerprint density at radius 3 is 2.65 bits per heavy atom. The van der Waals surface area contributed by atoms with Gasteiger partial charge in [-0.15, -0.1) is 0 Å².